The fraction of sp³-hybridized carbons (Fsp3) is 0.556. The van der Waals surface area contributed by atoms with Crippen molar-refractivity contribution in [1.82, 2.24) is 20.1 Å². The van der Waals surface area contributed by atoms with Crippen LogP contribution in [0.2, 0.25) is 0 Å². The Balaban J connectivity index is 1.46. The SMILES string of the molecule is CC1(C2CC2)NC(=O)N(CC(=O)N(Cc2ccncc2)C2CC2)C1=O. The number of urea groups is 1. The van der Waals surface area contributed by atoms with Crippen LogP contribution in [0.3, 0.4) is 0 Å². The van der Waals surface area contributed by atoms with E-state index in [0.717, 1.165) is 36.1 Å². The van der Waals surface area contributed by atoms with Crippen molar-refractivity contribution in [2.75, 3.05) is 6.54 Å². The molecular formula is C18H22N4O3. The molecule has 132 valence electrons. The summed E-state index contributed by atoms with van der Waals surface area (Å²) < 4.78 is 0. The predicted octanol–water partition coefficient (Wildman–Crippen LogP) is 1.29. The summed E-state index contributed by atoms with van der Waals surface area (Å²) in [7, 11) is 0. The fourth-order valence-corrected chi connectivity index (χ4v) is 3.51. The van der Waals surface area contributed by atoms with Gasteiger partial charge < -0.3 is 10.2 Å². The van der Waals surface area contributed by atoms with Crippen LogP contribution in [0.25, 0.3) is 0 Å². The number of imide groups is 1. The van der Waals surface area contributed by atoms with Crippen LogP contribution in [-0.2, 0) is 16.1 Å². The highest BCUT2D eigenvalue weighted by molar-refractivity contribution is 6.09. The summed E-state index contributed by atoms with van der Waals surface area (Å²) in [5.74, 6) is -0.253. The van der Waals surface area contributed by atoms with Gasteiger partial charge in [0.25, 0.3) is 5.91 Å². The maximum absolute atomic E-state index is 12.8. The van der Waals surface area contributed by atoms with Crippen molar-refractivity contribution in [2.45, 2.75) is 50.7 Å². The van der Waals surface area contributed by atoms with Crippen LogP contribution in [0, 0.1) is 5.92 Å². The molecule has 3 aliphatic rings. The Morgan fingerprint density at radius 3 is 2.56 bits per heavy atom. The van der Waals surface area contributed by atoms with Crippen LogP contribution in [0.5, 0.6) is 0 Å². The fourth-order valence-electron chi connectivity index (χ4n) is 3.51. The van der Waals surface area contributed by atoms with E-state index in [9.17, 15) is 14.4 Å². The minimum atomic E-state index is -0.840. The molecule has 0 aromatic carbocycles. The Morgan fingerprint density at radius 2 is 1.96 bits per heavy atom. The molecule has 1 unspecified atom stereocenters. The molecular weight excluding hydrogens is 320 g/mol. The lowest BCUT2D eigenvalue weighted by molar-refractivity contribution is -0.139. The lowest BCUT2D eigenvalue weighted by Crippen LogP contribution is -2.47. The lowest BCUT2D eigenvalue weighted by atomic mass is 9.96. The summed E-state index contributed by atoms with van der Waals surface area (Å²) in [6, 6.07) is 3.50. The van der Waals surface area contributed by atoms with Gasteiger partial charge in [-0.05, 0) is 56.2 Å². The van der Waals surface area contributed by atoms with E-state index < -0.39 is 11.6 Å². The molecule has 2 heterocycles. The summed E-state index contributed by atoms with van der Waals surface area (Å²) in [5.41, 5.74) is 0.155. The maximum Gasteiger partial charge on any atom is 0.325 e. The van der Waals surface area contributed by atoms with Crippen molar-refractivity contribution in [1.29, 1.82) is 0 Å². The number of hydrogen-bond acceptors (Lipinski definition) is 4. The topological polar surface area (TPSA) is 82.6 Å². The molecule has 2 saturated carbocycles. The van der Waals surface area contributed by atoms with Gasteiger partial charge in [0, 0.05) is 25.0 Å². The zero-order valence-electron chi connectivity index (χ0n) is 14.3. The van der Waals surface area contributed by atoms with E-state index in [1.165, 1.54) is 0 Å². The van der Waals surface area contributed by atoms with Gasteiger partial charge in [0.15, 0.2) is 0 Å². The molecule has 4 rings (SSSR count). The van der Waals surface area contributed by atoms with E-state index in [-0.39, 0.29) is 30.3 Å². The summed E-state index contributed by atoms with van der Waals surface area (Å²) in [6.07, 6.45) is 7.22. The standard InChI is InChI=1S/C18H22N4O3/c1-18(13-2-3-13)16(24)22(17(25)20-18)11-15(23)21(14-4-5-14)10-12-6-8-19-9-7-12/h6-9,13-14H,2-5,10-11H2,1H3,(H,20,25). The molecule has 3 fully saturated rings. The third-order valence-electron chi connectivity index (χ3n) is 5.40. The lowest BCUT2D eigenvalue weighted by Gasteiger charge is -2.25. The molecule has 7 heteroatoms. The van der Waals surface area contributed by atoms with Gasteiger partial charge >= 0.3 is 6.03 Å². The molecule has 2 aliphatic carbocycles. The second-order valence-corrected chi connectivity index (χ2v) is 7.41. The second-order valence-electron chi connectivity index (χ2n) is 7.41. The number of carbonyl (C=O) groups is 3. The average Bonchev–Trinajstić information content (AvgIpc) is 3.49. The zero-order chi connectivity index (χ0) is 17.6. The molecule has 7 nitrogen and oxygen atoms in total. The van der Waals surface area contributed by atoms with Crippen LogP contribution in [0.15, 0.2) is 24.5 Å². The van der Waals surface area contributed by atoms with E-state index in [1.54, 1.807) is 24.2 Å². The molecule has 4 amide bonds. The van der Waals surface area contributed by atoms with Crippen molar-refractivity contribution >= 4 is 17.8 Å². The molecule has 1 aromatic rings. The molecule has 0 radical (unpaired) electrons. The quantitative estimate of drug-likeness (QED) is 0.790. The van der Waals surface area contributed by atoms with Crippen molar-refractivity contribution in [3.63, 3.8) is 0 Å². The number of nitrogens with one attached hydrogen (secondary N) is 1. The van der Waals surface area contributed by atoms with E-state index in [0.29, 0.717) is 6.54 Å². The summed E-state index contributed by atoms with van der Waals surface area (Å²) in [4.78, 5) is 44.6. The van der Waals surface area contributed by atoms with Gasteiger partial charge in [-0.1, -0.05) is 0 Å². The zero-order valence-corrected chi connectivity index (χ0v) is 14.3. The second kappa shape index (κ2) is 5.82. The van der Waals surface area contributed by atoms with Crippen LogP contribution < -0.4 is 5.32 Å². The molecule has 0 spiro atoms. The highest BCUT2D eigenvalue weighted by Crippen LogP contribution is 2.42. The largest absolute Gasteiger partial charge is 0.334 e. The van der Waals surface area contributed by atoms with Crippen molar-refractivity contribution < 1.29 is 14.4 Å². The van der Waals surface area contributed by atoms with E-state index in [2.05, 4.69) is 10.3 Å². The van der Waals surface area contributed by atoms with Crippen molar-refractivity contribution in [2.24, 2.45) is 5.92 Å². The van der Waals surface area contributed by atoms with Gasteiger partial charge in [-0.15, -0.1) is 0 Å². The molecule has 1 atom stereocenters. The number of nitrogens with zero attached hydrogens (tertiary/aromatic N) is 3. The van der Waals surface area contributed by atoms with Crippen molar-refractivity contribution in [3.8, 4) is 0 Å². The Hall–Kier alpha value is -2.44. The Kier molecular flexibility index (Phi) is 3.74. The Morgan fingerprint density at radius 1 is 1.28 bits per heavy atom. The van der Waals surface area contributed by atoms with Crippen molar-refractivity contribution in [3.05, 3.63) is 30.1 Å². The first-order chi connectivity index (χ1) is 12.0. The van der Waals surface area contributed by atoms with Gasteiger partial charge in [-0.2, -0.15) is 0 Å². The first-order valence-electron chi connectivity index (χ1n) is 8.81. The number of carbonyl (C=O) groups excluding carboxylic acids is 3. The van der Waals surface area contributed by atoms with Gasteiger partial charge in [0.1, 0.15) is 12.1 Å². The highest BCUT2D eigenvalue weighted by Gasteiger charge is 2.56. The third kappa shape index (κ3) is 2.99. The summed E-state index contributed by atoms with van der Waals surface area (Å²) in [6.45, 7) is 2.06. The molecule has 0 bridgehead atoms. The normalized spacial score (nSPS) is 25.9. The minimum Gasteiger partial charge on any atom is -0.334 e. The number of pyridine rings is 1. The first kappa shape index (κ1) is 16.1. The Bertz CT molecular complexity index is 714. The molecule has 1 N–H and O–H groups in total. The van der Waals surface area contributed by atoms with Gasteiger partial charge in [0.05, 0.1) is 0 Å². The molecule has 25 heavy (non-hydrogen) atoms. The number of amides is 4. The summed E-state index contributed by atoms with van der Waals surface area (Å²) in [5, 5.41) is 2.79. The third-order valence-corrected chi connectivity index (χ3v) is 5.40. The number of aromatic nitrogens is 1. The first-order valence-corrected chi connectivity index (χ1v) is 8.81. The number of rotatable bonds is 6. The Labute approximate surface area is 146 Å². The minimum absolute atomic E-state index is 0.178. The van der Waals surface area contributed by atoms with Gasteiger partial charge in [0.2, 0.25) is 5.91 Å². The van der Waals surface area contributed by atoms with E-state index in [1.807, 2.05) is 12.1 Å². The van der Waals surface area contributed by atoms with E-state index >= 15 is 0 Å². The van der Waals surface area contributed by atoms with Crippen LogP contribution in [0.4, 0.5) is 4.79 Å². The number of hydrogen-bond donors (Lipinski definition) is 1. The molecule has 1 aromatic heterocycles. The molecule has 1 saturated heterocycles. The van der Waals surface area contributed by atoms with Gasteiger partial charge in [-0.25, -0.2) is 4.79 Å². The molecule has 1 aliphatic heterocycles. The van der Waals surface area contributed by atoms with Crippen LogP contribution in [0.1, 0.15) is 38.2 Å². The smallest absolute Gasteiger partial charge is 0.325 e. The maximum atomic E-state index is 12.8. The summed E-state index contributed by atoms with van der Waals surface area (Å²) >= 11 is 0. The monoisotopic (exact) mass is 342 g/mol. The van der Waals surface area contributed by atoms with Crippen LogP contribution in [-0.4, -0.2) is 50.8 Å². The van der Waals surface area contributed by atoms with Crippen LogP contribution >= 0.6 is 0 Å². The predicted molar refractivity (Wildman–Crippen MR) is 89.2 cm³/mol. The van der Waals surface area contributed by atoms with E-state index in [4.69, 9.17) is 0 Å². The average molecular weight is 342 g/mol. The highest BCUT2D eigenvalue weighted by atomic mass is 16.2. The van der Waals surface area contributed by atoms with Gasteiger partial charge in [-0.3, -0.25) is 19.5 Å².